The molecule has 5 aromatic rings. The van der Waals surface area contributed by atoms with Gasteiger partial charge in [-0.15, -0.1) is 0 Å². The summed E-state index contributed by atoms with van der Waals surface area (Å²) in [5, 5.41) is 15.2. The van der Waals surface area contributed by atoms with Gasteiger partial charge < -0.3 is 20.1 Å². The molecule has 0 saturated carbocycles. The van der Waals surface area contributed by atoms with Crippen LogP contribution in [0.2, 0.25) is 0 Å². The third-order valence-electron chi connectivity index (χ3n) is 8.57. The maximum Gasteiger partial charge on any atom is 0.326 e. The first-order chi connectivity index (χ1) is 23.7. The van der Waals surface area contributed by atoms with Crippen molar-refractivity contribution in [2.75, 3.05) is 13.1 Å². The van der Waals surface area contributed by atoms with Crippen LogP contribution < -0.4 is 5.32 Å². The number of nitrogens with zero attached hydrogens (tertiary/aromatic N) is 1. The molecule has 2 atom stereocenters. The summed E-state index contributed by atoms with van der Waals surface area (Å²) in [5.74, 6) is -2.02. The second kappa shape index (κ2) is 17.1. The van der Waals surface area contributed by atoms with Gasteiger partial charge in [0.05, 0.1) is 5.92 Å². The molecule has 0 bridgehead atoms. The number of carboxylic acid groups (broad SMARTS) is 1. The van der Waals surface area contributed by atoms with E-state index in [0.717, 1.165) is 33.2 Å². The summed E-state index contributed by atoms with van der Waals surface area (Å²) in [6, 6.07) is 39.9. The number of benzene rings is 5. The predicted octanol–water partition coefficient (Wildman–Crippen LogP) is 8.16. The van der Waals surface area contributed by atoms with Gasteiger partial charge in [0.15, 0.2) is 0 Å². The molecule has 0 fully saturated rings. The van der Waals surface area contributed by atoms with Crippen molar-refractivity contribution in [2.45, 2.75) is 45.8 Å². The minimum atomic E-state index is -1.15. The maximum absolute atomic E-state index is 13.7. The van der Waals surface area contributed by atoms with Gasteiger partial charge in [-0.2, -0.15) is 0 Å². The van der Waals surface area contributed by atoms with Crippen molar-refractivity contribution in [2.24, 2.45) is 11.8 Å². The molecule has 2 N–H and O–H groups in total. The third kappa shape index (κ3) is 10.3. The minimum absolute atomic E-state index is 0.0896. The van der Waals surface area contributed by atoms with E-state index in [0.29, 0.717) is 19.4 Å². The molecule has 0 radical (unpaired) electrons. The van der Waals surface area contributed by atoms with Crippen LogP contribution in [0.4, 0.5) is 4.79 Å². The largest absolute Gasteiger partial charge is 0.480 e. The summed E-state index contributed by atoms with van der Waals surface area (Å²) in [6.07, 6.45) is 1.23. The fourth-order valence-electron chi connectivity index (χ4n) is 5.94. The van der Waals surface area contributed by atoms with E-state index in [1.807, 2.05) is 111 Å². The maximum atomic E-state index is 13.7. The van der Waals surface area contributed by atoms with E-state index in [9.17, 15) is 19.5 Å². The van der Waals surface area contributed by atoms with Crippen molar-refractivity contribution in [1.82, 2.24) is 10.2 Å². The molecule has 0 aliphatic heterocycles. The monoisotopic (exact) mass is 656 g/mol. The van der Waals surface area contributed by atoms with Crippen LogP contribution in [-0.4, -0.2) is 47.1 Å². The number of nitrogens with one attached hydrogen (secondary N) is 1. The van der Waals surface area contributed by atoms with Crippen LogP contribution in [0.5, 0.6) is 0 Å². The first-order valence-corrected chi connectivity index (χ1v) is 16.9. The molecule has 5 rings (SSSR count). The Balaban J connectivity index is 1.27. The summed E-state index contributed by atoms with van der Waals surface area (Å²) in [6.45, 7) is 4.57. The van der Waals surface area contributed by atoms with Crippen molar-refractivity contribution in [3.63, 3.8) is 0 Å². The second-order valence-electron chi connectivity index (χ2n) is 12.9. The average molecular weight is 657 g/mol. The number of aryl methyl sites for hydroxylation is 1. The van der Waals surface area contributed by atoms with Gasteiger partial charge in [-0.05, 0) is 63.4 Å². The summed E-state index contributed by atoms with van der Waals surface area (Å²) in [5.41, 5.74) is 4.85. The van der Waals surface area contributed by atoms with Crippen molar-refractivity contribution < 1.29 is 24.2 Å². The highest BCUT2D eigenvalue weighted by atomic mass is 16.5. The molecule has 0 spiro atoms. The highest BCUT2D eigenvalue weighted by molar-refractivity contribution is 5.87. The normalized spacial score (nSPS) is 12.3. The van der Waals surface area contributed by atoms with Gasteiger partial charge >= 0.3 is 18.0 Å². The zero-order chi connectivity index (χ0) is 34.6. The van der Waals surface area contributed by atoms with E-state index in [4.69, 9.17) is 4.74 Å². The number of aliphatic carboxylic acids is 1. The highest BCUT2D eigenvalue weighted by Crippen LogP contribution is 2.25. The second-order valence-corrected chi connectivity index (χ2v) is 12.9. The van der Waals surface area contributed by atoms with Gasteiger partial charge in [0.1, 0.15) is 12.6 Å². The van der Waals surface area contributed by atoms with Crippen LogP contribution in [0.1, 0.15) is 37.0 Å². The number of ether oxygens (including phenoxy) is 1. The number of urea groups is 1. The molecule has 0 heterocycles. The summed E-state index contributed by atoms with van der Waals surface area (Å²) in [4.78, 5) is 41.2. The average Bonchev–Trinajstić information content (AvgIpc) is 3.12. The molecule has 252 valence electrons. The molecule has 2 amide bonds. The fourth-order valence-corrected chi connectivity index (χ4v) is 5.94. The number of amides is 2. The molecule has 7 heteroatoms. The van der Waals surface area contributed by atoms with E-state index < -0.39 is 24.0 Å². The number of hydrogen-bond acceptors (Lipinski definition) is 4. The molecule has 0 aliphatic carbocycles. The fraction of sp³-hybridized carbons (Fsp3) is 0.262. The molecule has 49 heavy (non-hydrogen) atoms. The number of rotatable bonds is 15. The first-order valence-electron chi connectivity index (χ1n) is 16.9. The number of carbonyl (C=O) groups is 3. The van der Waals surface area contributed by atoms with Gasteiger partial charge in [-0.3, -0.25) is 4.79 Å². The van der Waals surface area contributed by atoms with E-state index >= 15 is 0 Å². The van der Waals surface area contributed by atoms with Gasteiger partial charge in [0.25, 0.3) is 0 Å². The van der Waals surface area contributed by atoms with E-state index in [1.54, 1.807) is 4.90 Å². The molecule has 0 saturated heterocycles. The molecule has 1 unspecified atom stereocenters. The van der Waals surface area contributed by atoms with Crippen molar-refractivity contribution in [3.05, 3.63) is 144 Å². The summed E-state index contributed by atoms with van der Waals surface area (Å²) in [7, 11) is 0. The van der Waals surface area contributed by atoms with Gasteiger partial charge in [-0.1, -0.05) is 135 Å². The predicted molar refractivity (Wildman–Crippen MR) is 194 cm³/mol. The molecular formula is C42H44N2O5. The minimum Gasteiger partial charge on any atom is -0.480 e. The van der Waals surface area contributed by atoms with Crippen LogP contribution >= 0.6 is 0 Å². The lowest BCUT2D eigenvalue weighted by Crippen LogP contribution is -2.51. The zero-order valence-electron chi connectivity index (χ0n) is 28.1. The Morgan fingerprint density at radius 2 is 1.31 bits per heavy atom. The van der Waals surface area contributed by atoms with Gasteiger partial charge in [0.2, 0.25) is 0 Å². The Bertz CT molecular complexity index is 1820. The number of esters is 1. The molecule has 7 nitrogen and oxygen atoms in total. The Labute approximate surface area is 288 Å². The lowest BCUT2D eigenvalue weighted by molar-refractivity contribution is -0.150. The summed E-state index contributed by atoms with van der Waals surface area (Å²) >= 11 is 0. The number of carbonyl (C=O) groups excluding carboxylic acids is 2. The quantitative estimate of drug-likeness (QED) is 0.111. The van der Waals surface area contributed by atoms with Gasteiger partial charge in [0, 0.05) is 19.5 Å². The molecule has 0 aliphatic rings. The van der Waals surface area contributed by atoms with Crippen LogP contribution in [-0.2, 0) is 33.8 Å². The SMILES string of the molecule is CC(C)CN(CC(CCc1ccccc1)C(=O)OCc1ccccc1)C(=O)N[C@@H](Cc1ccc(-c2ccc3ccccc3c2)cc1)C(=O)O. The molecular weight excluding hydrogens is 612 g/mol. The molecule has 5 aromatic carbocycles. The Morgan fingerprint density at radius 1 is 0.694 bits per heavy atom. The zero-order valence-corrected chi connectivity index (χ0v) is 28.1. The number of hydrogen-bond donors (Lipinski definition) is 2. The van der Waals surface area contributed by atoms with Crippen LogP contribution in [0.3, 0.4) is 0 Å². The lowest BCUT2D eigenvalue weighted by atomic mass is 9.98. The standard InChI is InChI=1S/C42H44N2O5/c1-30(2)27-44(28-38(22-17-31-11-5-3-6-12-31)41(47)49-29-33-13-7-4-8-14-33)42(48)43-39(40(45)46)25-32-18-20-35(21-19-32)37-24-23-34-15-9-10-16-36(34)26-37/h3-16,18-21,23-24,26,30,38-39H,17,22,25,27-29H2,1-2H3,(H,43,48)(H,45,46)/t38?,39-/m0/s1. The summed E-state index contributed by atoms with van der Waals surface area (Å²) < 4.78 is 5.73. The van der Waals surface area contributed by atoms with Gasteiger partial charge in [-0.25, -0.2) is 9.59 Å². The van der Waals surface area contributed by atoms with E-state index in [-0.39, 0.29) is 31.5 Å². The van der Waals surface area contributed by atoms with E-state index in [2.05, 4.69) is 35.6 Å². The van der Waals surface area contributed by atoms with Crippen LogP contribution in [0.15, 0.2) is 127 Å². The highest BCUT2D eigenvalue weighted by Gasteiger charge is 2.29. The first kappa shape index (κ1) is 34.9. The lowest BCUT2D eigenvalue weighted by Gasteiger charge is -2.30. The number of carboxylic acids is 1. The third-order valence-corrected chi connectivity index (χ3v) is 8.57. The Hall–Kier alpha value is -5.43. The smallest absolute Gasteiger partial charge is 0.326 e. The Morgan fingerprint density at radius 3 is 1.96 bits per heavy atom. The van der Waals surface area contributed by atoms with Crippen molar-refractivity contribution >= 4 is 28.7 Å². The Kier molecular flexibility index (Phi) is 12.2. The van der Waals surface area contributed by atoms with Crippen molar-refractivity contribution in [1.29, 1.82) is 0 Å². The molecule has 0 aromatic heterocycles. The number of fused-ring (bicyclic) bond motifs is 1. The van der Waals surface area contributed by atoms with Crippen LogP contribution in [0, 0.1) is 11.8 Å². The topological polar surface area (TPSA) is 95.9 Å². The van der Waals surface area contributed by atoms with Crippen molar-refractivity contribution in [3.8, 4) is 11.1 Å². The van der Waals surface area contributed by atoms with E-state index in [1.165, 1.54) is 5.39 Å². The van der Waals surface area contributed by atoms with Crippen LogP contribution in [0.25, 0.3) is 21.9 Å².